The number of carbonyl (C=O) groups excluding carboxylic acids is 2. The number of hydrogen-bond acceptors (Lipinski definition) is 4. The van der Waals surface area contributed by atoms with Crippen LogP contribution in [0.3, 0.4) is 0 Å². The van der Waals surface area contributed by atoms with Gasteiger partial charge in [-0.1, -0.05) is 30.3 Å². The lowest BCUT2D eigenvalue weighted by Crippen LogP contribution is -2.30. The van der Waals surface area contributed by atoms with Gasteiger partial charge >= 0.3 is 0 Å². The summed E-state index contributed by atoms with van der Waals surface area (Å²) in [5.41, 5.74) is 1.80. The smallest absolute Gasteiger partial charge is 0.229 e. The quantitative estimate of drug-likeness (QED) is 0.703. The Morgan fingerprint density at radius 1 is 1.17 bits per heavy atom. The van der Waals surface area contributed by atoms with Gasteiger partial charge in [-0.05, 0) is 31.0 Å². The number of nitrogens with zero attached hydrogens (tertiary/aromatic N) is 4. The Morgan fingerprint density at radius 3 is 2.69 bits per heavy atom. The maximum atomic E-state index is 12.6. The van der Waals surface area contributed by atoms with E-state index in [-0.39, 0.29) is 24.2 Å². The first kappa shape index (κ1) is 18.9. The summed E-state index contributed by atoms with van der Waals surface area (Å²) in [5, 5.41) is 2.88. The van der Waals surface area contributed by atoms with Crippen LogP contribution in [0, 0.1) is 12.8 Å². The predicted molar refractivity (Wildman–Crippen MR) is 110 cm³/mol. The van der Waals surface area contributed by atoms with Crippen molar-refractivity contribution in [1.29, 1.82) is 0 Å². The van der Waals surface area contributed by atoms with Gasteiger partial charge in [0.05, 0.1) is 17.8 Å². The molecule has 4 rings (SSSR count). The Balaban J connectivity index is 1.33. The average molecular weight is 389 g/mol. The molecule has 2 aromatic heterocycles. The highest BCUT2D eigenvalue weighted by molar-refractivity contribution is 5.97. The highest BCUT2D eigenvalue weighted by Gasteiger charge is 2.34. The van der Waals surface area contributed by atoms with Gasteiger partial charge in [-0.2, -0.15) is 0 Å². The second-order valence-electron chi connectivity index (χ2n) is 7.22. The lowest BCUT2D eigenvalue weighted by molar-refractivity contribution is -0.128. The summed E-state index contributed by atoms with van der Waals surface area (Å²) in [6.45, 7) is 2.99. The Kier molecular flexibility index (Phi) is 5.37. The Morgan fingerprint density at radius 2 is 2.00 bits per heavy atom. The molecule has 1 N–H and O–H groups in total. The van der Waals surface area contributed by atoms with Crippen molar-refractivity contribution in [2.24, 2.45) is 5.92 Å². The number of hydrogen-bond donors (Lipinski definition) is 1. The molecule has 0 unspecified atom stereocenters. The van der Waals surface area contributed by atoms with E-state index in [0.29, 0.717) is 18.8 Å². The monoisotopic (exact) mass is 389 g/mol. The molecule has 0 saturated carbocycles. The fourth-order valence-electron chi connectivity index (χ4n) is 3.54. The number of carbonyl (C=O) groups is 2. The van der Waals surface area contributed by atoms with Crippen LogP contribution in [0.25, 0.3) is 5.82 Å². The predicted octanol–water partition coefficient (Wildman–Crippen LogP) is 2.61. The molecule has 148 valence electrons. The minimum absolute atomic E-state index is 0.0325. The number of rotatable bonds is 6. The van der Waals surface area contributed by atoms with E-state index < -0.39 is 0 Å². The molecule has 7 nitrogen and oxygen atoms in total. The summed E-state index contributed by atoms with van der Waals surface area (Å²) in [7, 11) is 0. The lowest BCUT2D eigenvalue weighted by Gasteiger charge is -2.16. The van der Waals surface area contributed by atoms with Crippen molar-refractivity contribution in [1.82, 2.24) is 19.4 Å². The van der Waals surface area contributed by atoms with Crippen molar-refractivity contribution in [2.45, 2.75) is 19.8 Å². The first-order valence-corrected chi connectivity index (χ1v) is 9.69. The number of likely N-dealkylation sites (tertiary alicyclic amines) is 1. The van der Waals surface area contributed by atoms with E-state index in [0.717, 1.165) is 18.1 Å². The number of imidazole rings is 1. The number of amides is 2. The van der Waals surface area contributed by atoms with Crippen LogP contribution >= 0.6 is 0 Å². The summed E-state index contributed by atoms with van der Waals surface area (Å²) in [6, 6.07) is 13.7. The number of nitrogens with one attached hydrogen (secondary N) is 1. The van der Waals surface area contributed by atoms with Crippen molar-refractivity contribution in [3.05, 3.63) is 72.4 Å². The van der Waals surface area contributed by atoms with Crippen LogP contribution in [0.5, 0.6) is 0 Å². The van der Waals surface area contributed by atoms with E-state index in [1.807, 2.05) is 60.2 Å². The molecule has 7 heteroatoms. The molecule has 29 heavy (non-hydrogen) atoms. The highest BCUT2D eigenvalue weighted by atomic mass is 16.2. The second-order valence-corrected chi connectivity index (χ2v) is 7.22. The Hall–Kier alpha value is -3.48. The van der Waals surface area contributed by atoms with E-state index >= 15 is 0 Å². The topological polar surface area (TPSA) is 80.1 Å². The molecule has 0 radical (unpaired) electrons. The van der Waals surface area contributed by atoms with Crippen molar-refractivity contribution < 1.29 is 9.59 Å². The van der Waals surface area contributed by atoms with Crippen molar-refractivity contribution >= 4 is 17.5 Å². The number of benzene rings is 1. The van der Waals surface area contributed by atoms with Gasteiger partial charge in [0.15, 0.2) is 0 Å². The molecule has 1 fully saturated rings. The molecule has 1 aliphatic rings. The summed E-state index contributed by atoms with van der Waals surface area (Å²) in [4.78, 5) is 35.3. The standard InChI is InChI=1S/C22H23N5O2/c1-16-23-10-12-27(16)20-8-7-19(14-24-20)25-22(29)18-13-21(28)26(15-18)11-9-17-5-3-2-4-6-17/h2-8,10,12,14,18H,9,11,13,15H2,1H3,(H,25,29)/t18-/m0/s1. The van der Waals surface area contributed by atoms with Crippen LogP contribution in [0.4, 0.5) is 5.69 Å². The van der Waals surface area contributed by atoms with Crippen LogP contribution in [-0.2, 0) is 16.0 Å². The molecule has 2 amide bonds. The van der Waals surface area contributed by atoms with Gasteiger partial charge in [0.2, 0.25) is 11.8 Å². The van der Waals surface area contributed by atoms with E-state index in [4.69, 9.17) is 0 Å². The number of anilines is 1. The molecular weight excluding hydrogens is 366 g/mol. The SMILES string of the molecule is Cc1nccn1-c1ccc(NC(=O)[C@H]2CC(=O)N(CCc3ccccc3)C2)cn1. The summed E-state index contributed by atoms with van der Waals surface area (Å²) >= 11 is 0. The Labute approximate surface area is 169 Å². The normalized spacial score (nSPS) is 16.2. The molecule has 1 aromatic carbocycles. The minimum atomic E-state index is -0.339. The van der Waals surface area contributed by atoms with Crippen molar-refractivity contribution in [3.8, 4) is 5.82 Å². The molecule has 3 aromatic rings. The zero-order chi connectivity index (χ0) is 20.2. The van der Waals surface area contributed by atoms with Gasteiger partial charge in [0.1, 0.15) is 11.6 Å². The summed E-state index contributed by atoms with van der Waals surface area (Å²) in [6.07, 6.45) is 6.22. The van der Waals surface area contributed by atoms with Crippen LogP contribution in [0.2, 0.25) is 0 Å². The maximum Gasteiger partial charge on any atom is 0.229 e. The van der Waals surface area contributed by atoms with Crippen molar-refractivity contribution in [2.75, 3.05) is 18.4 Å². The lowest BCUT2D eigenvalue weighted by atomic mass is 10.1. The Bertz CT molecular complexity index is 998. The molecule has 1 atom stereocenters. The molecule has 1 saturated heterocycles. The van der Waals surface area contributed by atoms with Crippen LogP contribution < -0.4 is 5.32 Å². The molecule has 0 spiro atoms. The summed E-state index contributed by atoms with van der Waals surface area (Å²) < 4.78 is 1.87. The van der Waals surface area contributed by atoms with Crippen LogP contribution in [0.15, 0.2) is 61.1 Å². The number of aromatic nitrogens is 3. The zero-order valence-electron chi connectivity index (χ0n) is 16.3. The fraction of sp³-hybridized carbons (Fsp3) is 0.273. The minimum Gasteiger partial charge on any atom is -0.342 e. The number of pyridine rings is 1. The molecule has 1 aliphatic heterocycles. The van der Waals surface area contributed by atoms with E-state index in [1.165, 1.54) is 5.56 Å². The zero-order valence-corrected chi connectivity index (χ0v) is 16.3. The third-order valence-electron chi connectivity index (χ3n) is 5.19. The van der Waals surface area contributed by atoms with Gasteiger partial charge in [-0.3, -0.25) is 14.2 Å². The maximum absolute atomic E-state index is 12.6. The van der Waals surface area contributed by atoms with Gasteiger partial charge < -0.3 is 10.2 Å². The van der Waals surface area contributed by atoms with Crippen molar-refractivity contribution in [3.63, 3.8) is 0 Å². The first-order chi connectivity index (χ1) is 14.1. The van der Waals surface area contributed by atoms with E-state index in [2.05, 4.69) is 15.3 Å². The largest absolute Gasteiger partial charge is 0.342 e. The van der Waals surface area contributed by atoms with Crippen LogP contribution in [-0.4, -0.2) is 44.3 Å². The van der Waals surface area contributed by atoms with E-state index in [1.54, 1.807) is 17.3 Å². The summed E-state index contributed by atoms with van der Waals surface area (Å²) in [5.74, 6) is 1.13. The van der Waals surface area contributed by atoms with E-state index in [9.17, 15) is 9.59 Å². The van der Waals surface area contributed by atoms with Crippen LogP contribution in [0.1, 0.15) is 17.8 Å². The van der Waals surface area contributed by atoms with Gasteiger partial charge in [0.25, 0.3) is 0 Å². The highest BCUT2D eigenvalue weighted by Crippen LogP contribution is 2.21. The molecule has 3 heterocycles. The van der Waals surface area contributed by atoms with Gasteiger partial charge in [-0.25, -0.2) is 9.97 Å². The molecular formula is C22H23N5O2. The third kappa shape index (κ3) is 4.34. The third-order valence-corrected chi connectivity index (χ3v) is 5.19. The van der Waals surface area contributed by atoms with Gasteiger partial charge in [-0.15, -0.1) is 0 Å². The second kappa shape index (κ2) is 8.26. The molecule has 0 aliphatic carbocycles. The molecule has 0 bridgehead atoms. The number of aryl methyl sites for hydroxylation is 1. The first-order valence-electron chi connectivity index (χ1n) is 9.69. The fourth-order valence-corrected chi connectivity index (χ4v) is 3.54. The average Bonchev–Trinajstić information content (AvgIpc) is 3.33. The van der Waals surface area contributed by atoms with Gasteiger partial charge in [0, 0.05) is 31.9 Å².